The Hall–Kier alpha value is -0.120. The van der Waals surface area contributed by atoms with Crippen molar-refractivity contribution >= 4 is 27.5 Å². The Kier molecular flexibility index (Phi) is 3.30. The van der Waals surface area contributed by atoms with Crippen molar-refractivity contribution in [3.05, 3.63) is 27.5 Å². The van der Waals surface area contributed by atoms with Crippen LogP contribution in [0.3, 0.4) is 0 Å². The van der Waals surface area contributed by atoms with Crippen LogP contribution in [-0.2, 0) is 6.42 Å². The molecule has 0 bridgehead atoms. The number of rotatable bonds is 2. The molecule has 0 saturated carbocycles. The SMILES string of the molecule is OCCc1c(Cl)cncc1Br. The van der Waals surface area contributed by atoms with E-state index in [9.17, 15) is 0 Å². The summed E-state index contributed by atoms with van der Waals surface area (Å²) in [6.07, 6.45) is 3.79. The Morgan fingerprint density at radius 3 is 2.82 bits per heavy atom. The lowest BCUT2D eigenvalue weighted by atomic mass is 10.2. The average molecular weight is 236 g/mol. The zero-order valence-corrected chi connectivity index (χ0v) is 8.06. The second-order valence-corrected chi connectivity index (χ2v) is 3.32. The first-order valence-corrected chi connectivity index (χ1v) is 4.31. The molecule has 0 aromatic carbocycles. The number of halogens is 2. The van der Waals surface area contributed by atoms with Crippen LogP contribution in [0.15, 0.2) is 16.9 Å². The molecule has 0 atom stereocenters. The molecule has 60 valence electrons. The van der Waals surface area contributed by atoms with Crippen LogP contribution in [0, 0.1) is 0 Å². The van der Waals surface area contributed by atoms with Crippen LogP contribution >= 0.6 is 27.5 Å². The fourth-order valence-electron chi connectivity index (χ4n) is 0.789. The number of aliphatic hydroxyl groups is 1. The smallest absolute Gasteiger partial charge is 0.0633 e. The third-order valence-electron chi connectivity index (χ3n) is 1.31. The molecule has 0 aliphatic rings. The molecule has 0 aliphatic heterocycles. The monoisotopic (exact) mass is 235 g/mol. The van der Waals surface area contributed by atoms with E-state index in [-0.39, 0.29) is 6.61 Å². The minimum Gasteiger partial charge on any atom is -0.396 e. The maximum absolute atomic E-state index is 8.67. The van der Waals surface area contributed by atoms with Gasteiger partial charge < -0.3 is 5.11 Å². The molecule has 0 unspecified atom stereocenters. The standard InChI is InChI=1S/C7H7BrClNO/c8-6-3-10-4-7(9)5(6)1-2-11/h3-4,11H,1-2H2. The van der Waals surface area contributed by atoms with E-state index < -0.39 is 0 Å². The average Bonchev–Trinajstić information content (AvgIpc) is 1.97. The molecule has 0 aliphatic carbocycles. The van der Waals surface area contributed by atoms with Crippen LogP contribution in [-0.4, -0.2) is 16.7 Å². The van der Waals surface area contributed by atoms with Gasteiger partial charge in [-0.05, 0) is 27.9 Å². The lowest BCUT2D eigenvalue weighted by molar-refractivity contribution is 0.299. The van der Waals surface area contributed by atoms with Crippen LogP contribution < -0.4 is 0 Å². The lowest BCUT2D eigenvalue weighted by Crippen LogP contribution is -1.93. The van der Waals surface area contributed by atoms with Crippen LogP contribution in [0.2, 0.25) is 5.02 Å². The molecular formula is C7H7BrClNO. The predicted octanol–water partition coefficient (Wildman–Crippen LogP) is 2.03. The largest absolute Gasteiger partial charge is 0.396 e. The van der Waals surface area contributed by atoms with Crippen molar-refractivity contribution in [2.75, 3.05) is 6.61 Å². The summed E-state index contributed by atoms with van der Waals surface area (Å²) in [5, 5.41) is 9.26. The van der Waals surface area contributed by atoms with E-state index in [2.05, 4.69) is 20.9 Å². The van der Waals surface area contributed by atoms with Gasteiger partial charge in [0.25, 0.3) is 0 Å². The highest BCUT2D eigenvalue weighted by molar-refractivity contribution is 9.10. The Morgan fingerprint density at radius 1 is 1.55 bits per heavy atom. The van der Waals surface area contributed by atoms with Crippen molar-refractivity contribution in [2.45, 2.75) is 6.42 Å². The molecule has 1 aromatic rings. The number of aliphatic hydroxyl groups excluding tert-OH is 1. The number of aromatic nitrogens is 1. The number of hydrogen-bond donors (Lipinski definition) is 1. The minimum atomic E-state index is 0.0995. The van der Waals surface area contributed by atoms with Crippen molar-refractivity contribution < 1.29 is 5.11 Å². The van der Waals surface area contributed by atoms with Crippen LogP contribution in [0.25, 0.3) is 0 Å². The summed E-state index contributed by atoms with van der Waals surface area (Å²) >= 11 is 9.09. The summed E-state index contributed by atoms with van der Waals surface area (Å²) in [5.74, 6) is 0. The quantitative estimate of drug-likeness (QED) is 0.852. The zero-order chi connectivity index (χ0) is 8.27. The Balaban J connectivity index is 3.00. The van der Waals surface area contributed by atoms with Gasteiger partial charge in [-0.25, -0.2) is 0 Å². The molecule has 0 spiro atoms. The third kappa shape index (κ3) is 2.15. The molecule has 1 heterocycles. The molecule has 1 N–H and O–H groups in total. The number of hydrogen-bond acceptors (Lipinski definition) is 2. The lowest BCUT2D eigenvalue weighted by Gasteiger charge is -2.02. The molecule has 2 nitrogen and oxygen atoms in total. The first-order chi connectivity index (χ1) is 5.25. The van der Waals surface area contributed by atoms with E-state index in [0.29, 0.717) is 11.4 Å². The molecule has 11 heavy (non-hydrogen) atoms. The third-order valence-corrected chi connectivity index (χ3v) is 2.32. The maximum Gasteiger partial charge on any atom is 0.0633 e. The maximum atomic E-state index is 8.67. The van der Waals surface area contributed by atoms with Gasteiger partial charge in [0.2, 0.25) is 0 Å². The molecular weight excluding hydrogens is 229 g/mol. The van der Waals surface area contributed by atoms with Crippen LogP contribution in [0.1, 0.15) is 5.56 Å². The van der Waals surface area contributed by atoms with Gasteiger partial charge in [0, 0.05) is 23.5 Å². The highest BCUT2D eigenvalue weighted by Gasteiger charge is 2.03. The number of pyridine rings is 1. The highest BCUT2D eigenvalue weighted by atomic mass is 79.9. The van der Waals surface area contributed by atoms with Gasteiger partial charge in [0.1, 0.15) is 0 Å². The predicted molar refractivity (Wildman–Crippen MR) is 47.7 cm³/mol. The Labute approximate surface area is 78.3 Å². The van der Waals surface area contributed by atoms with Gasteiger partial charge in [-0.3, -0.25) is 4.98 Å². The van der Waals surface area contributed by atoms with E-state index >= 15 is 0 Å². The van der Waals surface area contributed by atoms with Gasteiger partial charge in [-0.1, -0.05) is 11.6 Å². The fraction of sp³-hybridized carbons (Fsp3) is 0.286. The molecule has 1 aromatic heterocycles. The molecule has 0 saturated heterocycles. The van der Waals surface area contributed by atoms with E-state index in [4.69, 9.17) is 16.7 Å². The first kappa shape index (κ1) is 8.97. The Morgan fingerprint density at radius 2 is 2.27 bits per heavy atom. The Bertz CT molecular complexity index is 234. The fourth-order valence-corrected chi connectivity index (χ4v) is 1.69. The zero-order valence-electron chi connectivity index (χ0n) is 5.72. The summed E-state index contributed by atoms with van der Waals surface area (Å²) in [4.78, 5) is 3.87. The normalized spacial score (nSPS) is 10.1. The van der Waals surface area contributed by atoms with Crippen molar-refractivity contribution in [3.8, 4) is 0 Å². The van der Waals surface area contributed by atoms with Gasteiger partial charge in [0.05, 0.1) is 5.02 Å². The van der Waals surface area contributed by atoms with Gasteiger partial charge in [-0.2, -0.15) is 0 Å². The summed E-state index contributed by atoms with van der Waals surface area (Å²) in [7, 11) is 0. The van der Waals surface area contributed by atoms with Crippen molar-refractivity contribution in [1.82, 2.24) is 4.98 Å². The highest BCUT2D eigenvalue weighted by Crippen LogP contribution is 2.23. The second kappa shape index (κ2) is 4.04. The van der Waals surface area contributed by atoms with E-state index in [0.717, 1.165) is 10.0 Å². The summed E-state index contributed by atoms with van der Waals surface area (Å²) < 4.78 is 0.846. The minimum absolute atomic E-state index is 0.0995. The first-order valence-electron chi connectivity index (χ1n) is 3.14. The van der Waals surface area contributed by atoms with Crippen molar-refractivity contribution in [2.24, 2.45) is 0 Å². The van der Waals surface area contributed by atoms with Gasteiger partial charge in [0.15, 0.2) is 0 Å². The molecule has 0 amide bonds. The summed E-state index contributed by atoms with van der Waals surface area (Å²) in [6.45, 7) is 0.0995. The van der Waals surface area contributed by atoms with Gasteiger partial charge in [-0.15, -0.1) is 0 Å². The van der Waals surface area contributed by atoms with Crippen LogP contribution in [0.4, 0.5) is 0 Å². The van der Waals surface area contributed by atoms with Crippen molar-refractivity contribution in [3.63, 3.8) is 0 Å². The molecule has 0 radical (unpaired) electrons. The topological polar surface area (TPSA) is 33.1 Å². The van der Waals surface area contributed by atoms with Crippen LogP contribution in [0.5, 0.6) is 0 Å². The van der Waals surface area contributed by atoms with Gasteiger partial charge >= 0.3 is 0 Å². The molecule has 4 heteroatoms. The van der Waals surface area contributed by atoms with E-state index in [1.54, 1.807) is 12.4 Å². The van der Waals surface area contributed by atoms with Crippen molar-refractivity contribution in [1.29, 1.82) is 0 Å². The molecule has 1 rings (SSSR count). The van der Waals surface area contributed by atoms with E-state index in [1.807, 2.05) is 0 Å². The van der Waals surface area contributed by atoms with E-state index in [1.165, 1.54) is 0 Å². The summed E-state index contributed by atoms with van der Waals surface area (Å²) in [6, 6.07) is 0. The summed E-state index contributed by atoms with van der Waals surface area (Å²) in [5.41, 5.74) is 0.907. The number of nitrogens with zero attached hydrogens (tertiary/aromatic N) is 1. The second-order valence-electron chi connectivity index (χ2n) is 2.06. The molecule has 0 fully saturated rings.